The smallest absolute Gasteiger partial charge is 0.228 e. The molecule has 0 amide bonds. The van der Waals surface area contributed by atoms with Gasteiger partial charge in [-0.1, -0.05) is 11.6 Å². The van der Waals surface area contributed by atoms with Crippen LogP contribution in [0.25, 0.3) is 11.0 Å². The number of carbonyl (C=O) groups excluding carboxylic acids is 1. The van der Waals surface area contributed by atoms with E-state index in [1.807, 2.05) is 0 Å². The maximum absolute atomic E-state index is 12.1. The second-order valence-corrected chi connectivity index (χ2v) is 4.29. The van der Waals surface area contributed by atoms with Crippen molar-refractivity contribution in [3.8, 4) is 0 Å². The normalized spacial score (nSPS) is 10.7. The number of ketones is 1. The lowest BCUT2D eigenvalue weighted by atomic mass is 10.1. The third kappa shape index (κ3) is 1.89. The van der Waals surface area contributed by atoms with E-state index in [0.29, 0.717) is 21.9 Å². The molecule has 0 saturated carbocycles. The molecule has 0 N–H and O–H groups in total. The first kappa shape index (κ1) is 11.0. The van der Waals surface area contributed by atoms with Crippen molar-refractivity contribution in [2.24, 2.45) is 0 Å². The van der Waals surface area contributed by atoms with Gasteiger partial charge in [-0.05, 0) is 36.4 Å². The first-order chi connectivity index (χ1) is 8.74. The van der Waals surface area contributed by atoms with E-state index >= 15 is 0 Å². The zero-order chi connectivity index (χ0) is 12.5. The number of furan rings is 1. The van der Waals surface area contributed by atoms with Gasteiger partial charge in [0.25, 0.3) is 0 Å². The number of halogens is 1. The molecule has 2 aromatic heterocycles. The van der Waals surface area contributed by atoms with E-state index in [2.05, 4.69) is 4.98 Å². The molecule has 3 rings (SSSR count). The van der Waals surface area contributed by atoms with Crippen molar-refractivity contribution < 1.29 is 9.21 Å². The van der Waals surface area contributed by atoms with Crippen LogP contribution in [0.3, 0.4) is 0 Å². The lowest BCUT2D eigenvalue weighted by Gasteiger charge is -1.95. The maximum Gasteiger partial charge on any atom is 0.228 e. The molecular formula is C14H8ClNO2. The summed E-state index contributed by atoms with van der Waals surface area (Å²) in [4.78, 5) is 16.0. The first-order valence-electron chi connectivity index (χ1n) is 5.38. The summed E-state index contributed by atoms with van der Waals surface area (Å²) in [5.41, 5.74) is 1.20. The monoisotopic (exact) mass is 257 g/mol. The van der Waals surface area contributed by atoms with Crippen molar-refractivity contribution in [1.82, 2.24) is 4.98 Å². The molecule has 2 heterocycles. The summed E-state index contributed by atoms with van der Waals surface area (Å²) in [6.07, 6.45) is 3.15. The zero-order valence-electron chi connectivity index (χ0n) is 9.26. The Morgan fingerprint density at radius 1 is 1.11 bits per heavy atom. The van der Waals surface area contributed by atoms with Crippen LogP contribution in [0.15, 0.2) is 53.2 Å². The third-order valence-corrected chi connectivity index (χ3v) is 2.88. The summed E-state index contributed by atoms with van der Waals surface area (Å²) in [7, 11) is 0. The van der Waals surface area contributed by atoms with Crippen LogP contribution in [0.1, 0.15) is 16.1 Å². The zero-order valence-corrected chi connectivity index (χ0v) is 10.0. The van der Waals surface area contributed by atoms with Crippen molar-refractivity contribution in [2.45, 2.75) is 0 Å². The van der Waals surface area contributed by atoms with E-state index in [1.54, 1.807) is 48.8 Å². The summed E-state index contributed by atoms with van der Waals surface area (Å²) >= 11 is 5.89. The SMILES string of the molecule is O=C(c1ccncc1)c1cc2cc(Cl)ccc2o1. The van der Waals surface area contributed by atoms with Crippen LogP contribution >= 0.6 is 11.6 Å². The van der Waals surface area contributed by atoms with Gasteiger partial charge in [0.2, 0.25) is 5.78 Å². The Balaban J connectivity index is 2.07. The average molecular weight is 258 g/mol. The summed E-state index contributed by atoms with van der Waals surface area (Å²) < 4.78 is 5.51. The van der Waals surface area contributed by atoms with Gasteiger partial charge >= 0.3 is 0 Å². The van der Waals surface area contributed by atoms with Crippen LogP contribution in [-0.2, 0) is 0 Å². The molecule has 0 aliphatic heterocycles. The van der Waals surface area contributed by atoms with Gasteiger partial charge in [-0.15, -0.1) is 0 Å². The third-order valence-electron chi connectivity index (χ3n) is 2.64. The lowest BCUT2D eigenvalue weighted by molar-refractivity contribution is 0.101. The Hall–Kier alpha value is -2.13. The van der Waals surface area contributed by atoms with Crippen LogP contribution in [0.2, 0.25) is 5.02 Å². The van der Waals surface area contributed by atoms with E-state index in [1.165, 1.54) is 0 Å². The quantitative estimate of drug-likeness (QED) is 0.657. The molecule has 0 atom stereocenters. The predicted octanol–water partition coefficient (Wildman–Crippen LogP) is 3.71. The van der Waals surface area contributed by atoms with Gasteiger partial charge in [0.15, 0.2) is 5.76 Å². The molecule has 0 unspecified atom stereocenters. The molecule has 0 fully saturated rings. The summed E-state index contributed by atoms with van der Waals surface area (Å²) in [5.74, 6) is 0.142. The summed E-state index contributed by atoms with van der Waals surface area (Å²) in [6, 6.07) is 10.3. The highest BCUT2D eigenvalue weighted by atomic mass is 35.5. The molecule has 4 heteroatoms. The number of hydrogen-bond acceptors (Lipinski definition) is 3. The highest BCUT2D eigenvalue weighted by molar-refractivity contribution is 6.31. The Morgan fingerprint density at radius 2 is 1.89 bits per heavy atom. The molecule has 0 aliphatic carbocycles. The Kier molecular flexibility index (Phi) is 2.61. The predicted molar refractivity (Wildman–Crippen MR) is 68.9 cm³/mol. The number of nitrogens with zero attached hydrogens (tertiary/aromatic N) is 1. The second kappa shape index (κ2) is 4.27. The van der Waals surface area contributed by atoms with E-state index in [4.69, 9.17) is 16.0 Å². The fourth-order valence-corrected chi connectivity index (χ4v) is 1.95. The molecule has 0 radical (unpaired) electrons. The van der Waals surface area contributed by atoms with Crippen LogP contribution in [0.5, 0.6) is 0 Å². The summed E-state index contributed by atoms with van der Waals surface area (Å²) in [6.45, 7) is 0. The molecular weight excluding hydrogens is 250 g/mol. The minimum absolute atomic E-state index is 0.162. The van der Waals surface area contributed by atoms with Gasteiger partial charge in [-0.2, -0.15) is 0 Å². The molecule has 3 aromatic rings. The molecule has 1 aromatic carbocycles. The van der Waals surface area contributed by atoms with E-state index in [-0.39, 0.29) is 5.78 Å². The van der Waals surface area contributed by atoms with Gasteiger partial charge in [-0.3, -0.25) is 9.78 Å². The summed E-state index contributed by atoms with van der Waals surface area (Å²) in [5, 5.41) is 1.44. The van der Waals surface area contributed by atoms with Crippen LogP contribution in [0.4, 0.5) is 0 Å². The second-order valence-electron chi connectivity index (χ2n) is 3.86. The van der Waals surface area contributed by atoms with E-state index in [9.17, 15) is 4.79 Å². The van der Waals surface area contributed by atoms with Gasteiger partial charge in [-0.25, -0.2) is 0 Å². The van der Waals surface area contributed by atoms with Crippen molar-refractivity contribution in [3.05, 3.63) is 65.1 Å². The fraction of sp³-hybridized carbons (Fsp3) is 0. The highest BCUT2D eigenvalue weighted by Gasteiger charge is 2.14. The molecule has 18 heavy (non-hydrogen) atoms. The first-order valence-corrected chi connectivity index (χ1v) is 5.76. The minimum atomic E-state index is -0.162. The molecule has 88 valence electrons. The van der Waals surface area contributed by atoms with Crippen molar-refractivity contribution >= 4 is 28.4 Å². The maximum atomic E-state index is 12.1. The number of fused-ring (bicyclic) bond motifs is 1. The number of aromatic nitrogens is 1. The average Bonchev–Trinajstić information content (AvgIpc) is 2.81. The topological polar surface area (TPSA) is 43.1 Å². The van der Waals surface area contributed by atoms with Crippen LogP contribution < -0.4 is 0 Å². The van der Waals surface area contributed by atoms with Gasteiger partial charge in [0.05, 0.1) is 0 Å². The number of rotatable bonds is 2. The molecule has 0 bridgehead atoms. The Bertz CT molecular complexity index is 719. The standard InChI is InChI=1S/C14H8ClNO2/c15-11-1-2-12-10(7-11)8-13(18-12)14(17)9-3-5-16-6-4-9/h1-8H. The molecule has 0 saturated heterocycles. The largest absolute Gasteiger partial charge is 0.453 e. The number of hydrogen-bond donors (Lipinski definition) is 0. The molecule has 0 aliphatic rings. The Morgan fingerprint density at radius 3 is 2.67 bits per heavy atom. The van der Waals surface area contributed by atoms with E-state index in [0.717, 1.165) is 5.39 Å². The van der Waals surface area contributed by atoms with Gasteiger partial charge < -0.3 is 4.42 Å². The van der Waals surface area contributed by atoms with E-state index < -0.39 is 0 Å². The Labute approximate surface area is 108 Å². The van der Waals surface area contributed by atoms with Crippen molar-refractivity contribution in [2.75, 3.05) is 0 Å². The molecule has 0 spiro atoms. The lowest BCUT2D eigenvalue weighted by Crippen LogP contribution is -1.98. The van der Waals surface area contributed by atoms with Gasteiger partial charge in [0, 0.05) is 28.4 Å². The van der Waals surface area contributed by atoms with Crippen molar-refractivity contribution in [3.63, 3.8) is 0 Å². The number of carbonyl (C=O) groups is 1. The van der Waals surface area contributed by atoms with Crippen molar-refractivity contribution in [1.29, 1.82) is 0 Å². The highest BCUT2D eigenvalue weighted by Crippen LogP contribution is 2.24. The fourth-order valence-electron chi connectivity index (χ4n) is 1.77. The van der Waals surface area contributed by atoms with Crippen LogP contribution in [0, 0.1) is 0 Å². The van der Waals surface area contributed by atoms with Crippen LogP contribution in [-0.4, -0.2) is 10.8 Å². The van der Waals surface area contributed by atoms with Gasteiger partial charge in [0.1, 0.15) is 5.58 Å². The number of pyridine rings is 1. The minimum Gasteiger partial charge on any atom is -0.453 e. The number of benzene rings is 1. The molecule has 3 nitrogen and oxygen atoms in total.